The third-order valence-electron chi connectivity index (χ3n) is 12.9. The van der Waals surface area contributed by atoms with Crippen molar-refractivity contribution in [2.45, 2.75) is 92.7 Å². The van der Waals surface area contributed by atoms with E-state index in [1.165, 1.54) is 0 Å². The van der Waals surface area contributed by atoms with Crippen LogP contribution in [0.1, 0.15) is 100 Å². The third-order valence-corrected chi connectivity index (χ3v) is 15.0. The summed E-state index contributed by atoms with van der Waals surface area (Å²) >= 11 is 0. The molecule has 1 unspecified atom stereocenters. The van der Waals surface area contributed by atoms with Gasteiger partial charge in [-0.3, -0.25) is 0 Å². The van der Waals surface area contributed by atoms with Crippen LogP contribution < -0.4 is 27.1 Å². The van der Waals surface area contributed by atoms with Crippen molar-refractivity contribution in [3.63, 3.8) is 0 Å². The molecule has 1 atom stereocenters. The summed E-state index contributed by atoms with van der Waals surface area (Å²) in [7, 11) is -4.59. The minimum Gasteiger partial charge on any atom is -0.408 e. The number of para-hydroxylation sites is 4. The fourth-order valence-electron chi connectivity index (χ4n) is 8.88. The number of aliphatic hydroxyl groups excluding tert-OH is 1. The van der Waals surface area contributed by atoms with Gasteiger partial charge in [0.1, 0.15) is 34.5 Å². The number of aliphatic hydroxyl groups is 1. The van der Waals surface area contributed by atoms with E-state index in [0.29, 0.717) is 104 Å². The Hall–Kier alpha value is -5.34. The van der Waals surface area contributed by atoms with Crippen molar-refractivity contribution in [1.82, 2.24) is 0 Å². The highest BCUT2D eigenvalue weighted by Crippen LogP contribution is 2.55. The molecule has 392 valence electrons. The maximum absolute atomic E-state index is 9.45. The zero-order valence-corrected chi connectivity index (χ0v) is 44.8. The normalized spacial score (nSPS) is 16.2. The zero-order valence-electron chi connectivity index (χ0n) is 43.0. The molecule has 0 spiro atoms. The SMILES string of the molecule is Cc1cc(C)c(OP(Oc2ccccc2COCCCO)Oc2ccccc2C2OCCCO2)c(-c2c(C)c(C)cc(C)c2OP(Oc2ccccc2C2OCCCO2)Oc2ccccc2C2OCCCO2)c1C. The van der Waals surface area contributed by atoms with Gasteiger partial charge < -0.3 is 65.4 Å². The number of hydrogen-bond acceptors (Lipinski definition) is 14. The zero-order chi connectivity index (χ0) is 51.4. The predicted octanol–water partition coefficient (Wildman–Crippen LogP) is 13.9. The van der Waals surface area contributed by atoms with E-state index >= 15 is 0 Å². The van der Waals surface area contributed by atoms with E-state index in [9.17, 15) is 5.11 Å². The molecule has 16 heteroatoms. The van der Waals surface area contributed by atoms with Gasteiger partial charge in [-0.05, 0) is 125 Å². The monoisotopic (exact) mass is 1050 g/mol. The second kappa shape index (κ2) is 25.9. The quantitative estimate of drug-likeness (QED) is 0.0540. The largest absolute Gasteiger partial charge is 0.530 e. The number of aryl methyl sites for hydroxylation is 4. The minimum atomic E-state index is -2.31. The lowest BCUT2D eigenvalue weighted by Crippen LogP contribution is -2.19. The molecule has 3 saturated heterocycles. The van der Waals surface area contributed by atoms with Crippen LogP contribution in [0.25, 0.3) is 11.1 Å². The molecule has 3 aliphatic rings. The van der Waals surface area contributed by atoms with Gasteiger partial charge in [0.05, 0.1) is 62.9 Å². The van der Waals surface area contributed by atoms with Crippen molar-refractivity contribution in [2.24, 2.45) is 0 Å². The molecule has 0 amide bonds. The molecule has 1 N–H and O–H groups in total. The fourth-order valence-corrected chi connectivity index (χ4v) is 11.2. The van der Waals surface area contributed by atoms with Gasteiger partial charge in [-0.2, -0.15) is 0 Å². The van der Waals surface area contributed by atoms with E-state index in [2.05, 4.69) is 39.8 Å². The van der Waals surface area contributed by atoms with Crippen LogP contribution in [0, 0.1) is 41.5 Å². The summed E-state index contributed by atoms with van der Waals surface area (Å²) in [5, 5.41) is 9.45. The highest BCUT2D eigenvalue weighted by molar-refractivity contribution is 7.43. The van der Waals surface area contributed by atoms with Gasteiger partial charge in [-0.15, -0.1) is 0 Å². The molecule has 3 aliphatic heterocycles. The summed E-state index contributed by atoms with van der Waals surface area (Å²) in [5.41, 5.74) is 10.2. The van der Waals surface area contributed by atoms with E-state index in [1.807, 2.05) is 111 Å². The Morgan fingerprint density at radius 1 is 0.446 bits per heavy atom. The van der Waals surface area contributed by atoms with E-state index in [1.54, 1.807) is 0 Å². The van der Waals surface area contributed by atoms with E-state index in [4.69, 9.17) is 60.3 Å². The molecule has 74 heavy (non-hydrogen) atoms. The van der Waals surface area contributed by atoms with Gasteiger partial charge >= 0.3 is 17.2 Å². The van der Waals surface area contributed by atoms with Crippen molar-refractivity contribution in [2.75, 3.05) is 52.9 Å². The first-order valence-corrected chi connectivity index (χ1v) is 27.5. The second-order valence-corrected chi connectivity index (χ2v) is 20.3. The van der Waals surface area contributed by atoms with Crippen molar-refractivity contribution in [1.29, 1.82) is 0 Å². The molecule has 0 bridgehead atoms. The topological polar surface area (TPSA) is 140 Å². The van der Waals surface area contributed by atoms with E-state index in [0.717, 1.165) is 69.3 Å². The smallest absolute Gasteiger partial charge is 0.408 e. The van der Waals surface area contributed by atoms with Crippen LogP contribution in [0.15, 0.2) is 109 Å². The molecule has 3 fully saturated rings. The maximum atomic E-state index is 9.45. The summed E-state index contributed by atoms with van der Waals surface area (Å²) in [6.07, 6.45) is 0.996. The van der Waals surface area contributed by atoms with Crippen molar-refractivity contribution < 1.29 is 65.4 Å². The first kappa shape index (κ1) is 53.5. The molecule has 0 saturated carbocycles. The first-order valence-electron chi connectivity index (χ1n) is 25.3. The van der Waals surface area contributed by atoms with E-state index in [-0.39, 0.29) is 13.2 Å². The third kappa shape index (κ3) is 13.0. The van der Waals surface area contributed by atoms with Gasteiger partial charge in [0, 0.05) is 29.9 Å². The lowest BCUT2D eigenvalue weighted by Gasteiger charge is -2.29. The molecule has 3 heterocycles. The summed E-state index contributed by atoms with van der Waals surface area (Å²) in [5.74, 6) is 3.07. The van der Waals surface area contributed by atoms with Gasteiger partial charge in [0.25, 0.3) is 0 Å². The van der Waals surface area contributed by atoms with Crippen LogP contribution in [0.4, 0.5) is 0 Å². The van der Waals surface area contributed by atoms with Gasteiger partial charge in [0.2, 0.25) is 0 Å². The molecular formula is C58H66O14P2. The standard InChI is InChI=1S/C58H66O14P2/c1-38-35-40(3)54(71-73(67-48-23-11-7-19-44(48)37-60-28-15-27-59)68-49-24-12-8-20-45(49)56-61-29-16-30-62-56)52(42(38)5)53-43(6)39(2)36-41(4)55(53)72-74(69-50-25-13-9-21-46(50)57-63-31-17-32-64-57)70-51-26-14-10-22-47(51)58-65-33-18-34-66-58/h7-14,19-26,35-36,56-59H,15-18,27-34,37H2,1-6H3. The lowest BCUT2D eigenvalue weighted by molar-refractivity contribution is -0.183. The number of ether oxygens (including phenoxy) is 7. The van der Waals surface area contributed by atoms with Crippen molar-refractivity contribution in [3.05, 3.63) is 165 Å². The fraction of sp³-hybridized carbons (Fsp3) is 0.379. The van der Waals surface area contributed by atoms with Crippen LogP contribution in [-0.2, 0) is 39.8 Å². The average Bonchev–Trinajstić information content (AvgIpc) is 3.43. The van der Waals surface area contributed by atoms with Gasteiger partial charge in [0.15, 0.2) is 18.9 Å². The Kier molecular flexibility index (Phi) is 18.7. The first-order chi connectivity index (χ1) is 36.2. The van der Waals surface area contributed by atoms with Crippen molar-refractivity contribution in [3.8, 4) is 45.6 Å². The number of rotatable bonds is 21. The molecule has 9 rings (SSSR count). The van der Waals surface area contributed by atoms with Crippen LogP contribution in [-0.4, -0.2) is 58.0 Å². The van der Waals surface area contributed by atoms with Gasteiger partial charge in [-0.25, -0.2) is 0 Å². The number of hydrogen-bond donors (Lipinski definition) is 1. The Morgan fingerprint density at radius 3 is 1.19 bits per heavy atom. The highest BCUT2D eigenvalue weighted by Gasteiger charge is 2.34. The molecule has 0 aliphatic carbocycles. The summed E-state index contributed by atoms with van der Waals surface area (Å²) in [6, 6.07) is 34.8. The summed E-state index contributed by atoms with van der Waals surface area (Å²) < 4.78 is 84.8. The Morgan fingerprint density at radius 2 is 0.797 bits per heavy atom. The maximum Gasteiger partial charge on any atom is 0.530 e. The molecule has 0 aromatic heterocycles. The van der Waals surface area contributed by atoms with Crippen LogP contribution in [0.5, 0.6) is 34.5 Å². The lowest BCUT2D eigenvalue weighted by atomic mass is 9.87. The van der Waals surface area contributed by atoms with Gasteiger partial charge in [-0.1, -0.05) is 84.9 Å². The average molecular weight is 1050 g/mol. The second-order valence-electron chi connectivity index (χ2n) is 18.3. The molecule has 0 radical (unpaired) electrons. The minimum absolute atomic E-state index is 0.0312. The molecular weight excluding hydrogens is 983 g/mol. The van der Waals surface area contributed by atoms with Crippen LogP contribution in [0.2, 0.25) is 0 Å². The predicted molar refractivity (Wildman–Crippen MR) is 283 cm³/mol. The Balaban J connectivity index is 1.15. The van der Waals surface area contributed by atoms with E-state index < -0.39 is 36.1 Å². The van der Waals surface area contributed by atoms with Crippen molar-refractivity contribution >= 4 is 17.2 Å². The molecule has 6 aromatic carbocycles. The molecule has 14 nitrogen and oxygen atoms in total. The highest BCUT2D eigenvalue weighted by atomic mass is 31.2. The number of benzene rings is 6. The molecule has 6 aromatic rings. The summed E-state index contributed by atoms with van der Waals surface area (Å²) in [6.45, 7) is 16.4. The van der Waals surface area contributed by atoms with Crippen LogP contribution >= 0.6 is 17.2 Å². The van der Waals surface area contributed by atoms with Crippen LogP contribution in [0.3, 0.4) is 0 Å². The Labute approximate surface area is 437 Å². The summed E-state index contributed by atoms with van der Waals surface area (Å²) in [4.78, 5) is 0. The Bertz CT molecular complexity index is 2740.